The van der Waals surface area contributed by atoms with E-state index in [1.807, 2.05) is 24.3 Å². The lowest BCUT2D eigenvalue weighted by Crippen LogP contribution is -2.54. The molecule has 0 bridgehead atoms. The number of benzene rings is 2. The molecule has 0 amide bonds. The van der Waals surface area contributed by atoms with Crippen molar-refractivity contribution in [2.75, 3.05) is 52.7 Å². The number of hydrogen-bond acceptors (Lipinski definition) is 10. The molecule has 1 aromatic heterocycles. The van der Waals surface area contributed by atoms with Gasteiger partial charge in [0.2, 0.25) is 11.8 Å². The third kappa shape index (κ3) is 6.92. The quantitative estimate of drug-likeness (QED) is 0.225. The molecule has 1 saturated heterocycles. The zero-order valence-electron chi connectivity index (χ0n) is 25.2. The van der Waals surface area contributed by atoms with Gasteiger partial charge in [-0.15, -0.1) is 10.2 Å². The predicted octanol–water partition coefficient (Wildman–Crippen LogP) is 3.28. The first kappa shape index (κ1) is 32.3. The van der Waals surface area contributed by atoms with E-state index in [4.69, 9.17) is 25.5 Å². The number of aromatic nitrogens is 2. The molecule has 10 nitrogen and oxygen atoms in total. The normalized spacial score (nSPS) is 21.0. The molecule has 0 radical (unpaired) electrons. The Hall–Kier alpha value is -3.09. The van der Waals surface area contributed by atoms with Gasteiger partial charge in [0.1, 0.15) is 17.8 Å². The van der Waals surface area contributed by atoms with Gasteiger partial charge in [-0.2, -0.15) is 0 Å². The van der Waals surface area contributed by atoms with E-state index in [2.05, 4.69) is 58.5 Å². The highest BCUT2D eigenvalue weighted by molar-refractivity contribution is 6.32. The number of hydrogen-bond donors (Lipinski definition) is 4. The summed E-state index contributed by atoms with van der Waals surface area (Å²) in [7, 11) is 0. The molecular weight excluding hydrogens is 584 g/mol. The Kier molecular flexibility index (Phi) is 10.5. The summed E-state index contributed by atoms with van der Waals surface area (Å²) in [6, 6.07) is 13.7. The fourth-order valence-electron chi connectivity index (χ4n) is 5.63. The van der Waals surface area contributed by atoms with E-state index in [0.29, 0.717) is 42.3 Å². The van der Waals surface area contributed by atoms with E-state index in [9.17, 15) is 15.3 Å². The number of morpholine rings is 1. The third-order valence-corrected chi connectivity index (χ3v) is 9.03. The summed E-state index contributed by atoms with van der Waals surface area (Å²) in [6.07, 6.45) is 6.25. The van der Waals surface area contributed by atoms with Gasteiger partial charge >= 0.3 is 0 Å². The maximum atomic E-state index is 9.61. The van der Waals surface area contributed by atoms with Crippen LogP contribution in [0.1, 0.15) is 35.4 Å². The van der Waals surface area contributed by atoms with Crippen LogP contribution in [0.5, 0.6) is 5.75 Å². The van der Waals surface area contributed by atoms with Crippen LogP contribution < -0.4 is 10.1 Å². The van der Waals surface area contributed by atoms with Gasteiger partial charge in [0.05, 0.1) is 50.1 Å². The first-order valence-corrected chi connectivity index (χ1v) is 15.3. The molecule has 2 aliphatic rings. The summed E-state index contributed by atoms with van der Waals surface area (Å²) in [5, 5.41) is 41.3. The highest BCUT2D eigenvalue weighted by Crippen LogP contribution is 2.45. The summed E-state index contributed by atoms with van der Waals surface area (Å²) >= 11 is 6.69. The molecular formula is C33H41ClN4O6. The molecule has 3 aromatic rings. The molecule has 2 heterocycles. The lowest BCUT2D eigenvalue weighted by atomic mass is 9.68. The molecule has 0 saturated carbocycles. The van der Waals surface area contributed by atoms with Crippen molar-refractivity contribution in [1.82, 2.24) is 20.4 Å². The lowest BCUT2D eigenvalue weighted by molar-refractivity contribution is 0.0301. The highest BCUT2D eigenvalue weighted by atomic mass is 35.5. The van der Waals surface area contributed by atoms with Crippen molar-refractivity contribution in [3.63, 3.8) is 0 Å². The summed E-state index contributed by atoms with van der Waals surface area (Å²) in [5.41, 5.74) is 2.32. The SMILES string of the molecule is Cc1ccccc1C1=CC=CC(COc2ccc(CNC(CO)(CO)CO)cc2Cl)(c2nnc(CN3CCOCC3)o2)C1C. The number of aryl methyl sites for hydroxylation is 1. The van der Waals surface area contributed by atoms with E-state index in [-0.39, 0.29) is 19.1 Å². The summed E-state index contributed by atoms with van der Waals surface area (Å²) in [5.74, 6) is 1.45. The maximum Gasteiger partial charge on any atom is 0.230 e. The van der Waals surface area contributed by atoms with Gasteiger partial charge in [0, 0.05) is 25.6 Å². The van der Waals surface area contributed by atoms with Crippen LogP contribution in [0, 0.1) is 12.8 Å². The first-order chi connectivity index (χ1) is 21.3. The van der Waals surface area contributed by atoms with Gasteiger partial charge in [-0.05, 0) is 41.3 Å². The van der Waals surface area contributed by atoms with E-state index in [1.54, 1.807) is 12.1 Å². The first-order valence-electron chi connectivity index (χ1n) is 14.9. The zero-order valence-corrected chi connectivity index (χ0v) is 26.0. The second-order valence-corrected chi connectivity index (χ2v) is 12.0. The number of nitrogens with zero attached hydrogens (tertiary/aromatic N) is 3. The van der Waals surface area contributed by atoms with Crippen molar-refractivity contribution in [1.29, 1.82) is 0 Å². The molecule has 44 heavy (non-hydrogen) atoms. The van der Waals surface area contributed by atoms with Gasteiger partial charge in [-0.1, -0.05) is 67.1 Å². The van der Waals surface area contributed by atoms with Crippen LogP contribution in [0.25, 0.3) is 5.57 Å². The van der Waals surface area contributed by atoms with Crippen molar-refractivity contribution in [2.45, 2.75) is 37.9 Å². The van der Waals surface area contributed by atoms with Crippen LogP contribution >= 0.6 is 11.6 Å². The van der Waals surface area contributed by atoms with Gasteiger partial charge in [0.25, 0.3) is 0 Å². The Morgan fingerprint density at radius 1 is 1.09 bits per heavy atom. The Morgan fingerprint density at radius 3 is 2.55 bits per heavy atom. The van der Waals surface area contributed by atoms with Crippen molar-refractivity contribution >= 4 is 17.2 Å². The molecule has 0 spiro atoms. The molecule has 2 unspecified atom stereocenters. The second kappa shape index (κ2) is 14.3. The number of aliphatic hydroxyl groups excluding tert-OH is 3. The summed E-state index contributed by atoms with van der Waals surface area (Å²) in [6.45, 7) is 7.06. The van der Waals surface area contributed by atoms with Crippen LogP contribution in [-0.4, -0.2) is 88.7 Å². The Bertz CT molecular complexity index is 1460. The molecule has 5 rings (SSSR count). The molecule has 1 aliphatic heterocycles. The molecule has 2 atom stereocenters. The van der Waals surface area contributed by atoms with E-state index >= 15 is 0 Å². The number of ether oxygens (including phenoxy) is 2. The molecule has 1 fully saturated rings. The minimum absolute atomic E-state index is 0.0731. The number of halogens is 1. The Balaban J connectivity index is 1.40. The molecule has 1 aliphatic carbocycles. The molecule has 4 N–H and O–H groups in total. The van der Waals surface area contributed by atoms with E-state index in [1.165, 1.54) is 5.56 Å². The lowest BCUT2D eigenvalue weighted by Gasteiger charge is -2.37. The van der Waals surface area contributed by atoms with Crippen LogP contribution in [0.15, 0.2) is 65.1 Å². The number of aliphatic hydroxyl groups is 3. The van der Waals surface area contributed by atoms with Gasteiger partial charge in [-0.3, -0.25) is 4.90 Å². The minimum atomic E-state index is -1.19. The van der Waals surface area contributed by atoms with Crippen LogP contribution in [-0.2, 0) is 23.2 Å². The molecule has 11 heteroatoms. The van der Waals surface area contributed by atoms with Crippen LogP contribution in [0.4, 0.5) is 0 Å². The highest BCUT2D eigenvalue weighted by Gasteiger charge is 2.45. The summed E-state index contributed by atoms with van der Waals surface area (Å²) < 4.78 is 18.3. The van der Waals surface area contributed by atoms with Gasteiger partial charge in [-0.25, -0.2) is 0 Å². The second-order valence-electron chi connectivity index (χ2n) is 11.6. The third-order valence-electron chi connectivity index (χ3n) is 8.73. The Labute approximate surface area is 263 Å². The molecule has 236 valence electrons. The zero-order chi connectivity index (χ0) is 31.2. The topological polar surface area (TPSA) is 133 Å². The molecule has 2 aromatic carbocycles. The van der Waals surface area contributed by atoms with Crippen molar-refractivity contribution in [3.05, 3.63) is 94.2 Å². The largest absolute Gasteiger partial charge is 0.491 e. The smallest absolute Gasteiger partial charge is 0.230 e. The van der Waals surface area contributed by atoms with Crippen LogP contribution in [0.3, 0.4) is 0 Å². The summed E-state index contributed by atoms with van der Waals surface area (Å²) in [4.78, 5) is 2.24. The minimum Gasteiger partial charge on any atom is -0.491 e. The van der Waals surface area contributed by atoms with E-state index < -0.39 is 30.8 Å². The predicted molar refractivity (Wildman–Crippen MR) is 167 cm³/mol. The average Bonchev–Trinajstić information content (AvgIpc) is 3.52. The monoisotopic (exact) mass is 624 g/mol. The van der Waals surface area contributed by atoms with E-state index in [0.717, 1.165) is 29.8 Å². The number of allylic oxidation sites excluding steroid dienone is 3. The fraction of sp³-hybridized carbons (Fsp3) is 0.455. The van der Waals surface area contributed by atoms with Crippen LogP contribution in [0.2, 0.25) is 5.02 Å². The number of rotatable bonds is 13. The average molecular weight is 625 g/mol. The van der Waals surface area contributed by atoms with Crippen molar-refractivity contribution in [2.24, 2.45) is 5.92 Å². The number of nitrogens with one attached hydrogen (secondary N) is 1. The Morgan fingerprint density at radius 2 is 1.84 bits per heavy atom. The fourth-order valence-corrected chi connectivity index (χ4v) is 5.89. The standard InChI is InChI=1S/C33H41ClN4O6/c1-23-6-3-4-7-26(23)27-8-5-11-33(24(27)2,31-37-36-30(44-31)18-38-12-14-42-15-13-38)22-43-29-10-9-25(16-28(29)34)17-35-32(19-39,20-40)21-41/h3-11,16,24,35,39-41H,12-15,17-22H2,1-2H3. The van der Waals surface area contributed by atoms with Gasteiger partial charge < -0.3 is 34.5 Å². The maximum absolute atomic E-state index is 9.61. The van der Waals surface area contributed by atoms with Crippen molar-refractivity contribution < 1.29 is 29.2 Å². The van der Waals surface area contributed by atoms with Gasteiger partial charge in [0.15, 0.2) is 0 Å². The van der Waals surface area contributed by atoms with Crippen molar-refractivity contribution in [3.8, 4) is 5.75 Å².